The van der Waals surface area contributed by atoms with Crippen molar-refractivity contribution in [3.05, 3.63) is 0 Å². The van der Waals surface area contributed by atoms with Crippen molar-refractivity contribution >= 4 is 36.2 Å². The van der Waals surface area contributed by atoms with Crippen LogP contribution in [0.4, 0.5) is 0 Å². The zero-order chi connectivity index (χ0) is 18.0. The number of rotatable bonds is 9. The first-order valence-electron chi connectivity index (χ1n) is 7.49. The number of sulfonamides is 2. The molecule has 0 amide bonds. The van der Waals surface area contributed by atoms with Crippen molar-refractivity contribution < 1.29 is 16.8 Å². The SMILES string of the molecule is CC([Si](C)(C)C)S(=O)(=O)NCCNS(=O)(=O)C(C)[Si](C)(C)C. The molecule has 0 rings (SSSR count). The molecule has 0 saturated carbocycles. The summed E-state index contributed by atoms with van der Waals surface area (Å²) in [6.07, 6.45) is 0. The average Bonchev–Trinajstić information content (AvgIpc) is 2.30. The lowest BCUT2D eigenvalue weighted by Gasteiger charge is -2.26. The van der Waals surface area contributed by atoms with Gasteiger partial charge in [-0.2, -0.15) is 0 Å². The van der Waals surface area contributed by atoms with Crippen molar-refractivity contribution in [3.8, 4) is 0 Å². The van der Waals surface area contributed by atoms with E-state index in [1.807, 2.05) is 39.3 Å². The lowest BCUT2D eigenvalue weighted by Crippen LogP contribution is -2.50. The van der Waals surface area contributed by atoms with Crippen LogP contribution in [-0.4, -0.2) is 55.8 Å². The Balaban J connectivity index is 4.58. The maximum atomic E-state index is 12.1. The van der Waals surface area contributed by atoms with Crippen molar-refractivity contribution in [1.29, 1.82) is 0 Å². The first kappa shape index (κ1) is 22.3. The highest BCUT2D eigenvalue weighted by Gasteiger charge is 2.34. The normalized spacial score (nSPS) is 17.3. The Morgan fingerprint density at radius 3 is 1.09 bits per heavy atom. The maximum absolute atomic E-state index is 12.1. The van der Waals surface area contributed by atoms with Gasteiger partial charge in [-0.05, 0) is 13.8 Å². The molecule has 0 aliphatic rings. The summed E-state index contributed by atoms with van der Waals surface area (Å²) >= 11 is 0. The minimum atomic E-state index is -3.40. The van der Waals surface area contributed by atoms with Gasteiger partial charge in [-0.15, -0.1) is 0 Å². The van der Waals surface area contributed by atoms with Crippen LogP contribution in [0.2, 0.25) is 39.3 Å². The van der Waals surface area contributed by atoms with Crippen molar-refractivity contribution in [2.45, 2.75) is 62.9 Å². The smallest absolute Gasteiger partial charge is 0.211 e. The van der Waals surface area contributed by atoms with E-state index in [9.17, 15) is 16.8 Å². The van der Waals surface area contributed by atoms with Crippen LogP contribution >= 0.6 is 0 Å². The fourth-order valence-corrected chi connectivity index (χ4v) is 10.8. The molecule has 0 fully saturated rings. The van der Waals surface area contributed by atoms with Gasteiger partial charge in [0, 0.05) is 13.1 Å². The minimum absolute atomic E-state index is 0.0782. The van der Waals surface area contributed by atoms with Gasteiger partial charge in [0.2, 0.25) is 20.0 Å². The minimum Gasteiger partial charge on any atom is -0.214 e. The topological polar surface area (TPSA) is 92.3 Å². The fraction of sp³-hybridized carbons (Fsp3) is 1.00. The molecule has 2 unspecified atom stereocenters. The Bertz CT molecular complexity index is 511. The highest BCUT2D eigenvalue weighted by Crippen LogP contribution is 2.15. The second-order valence-electron chi connectivity index (χ2n) is 7.90. The van der Waals surface area contributed by atoms with Crippen molar-refractivity contribution in [2.24, 2.45) is 0 Å². The molecule has 0 spiro atoms. The number of nitrogens with one attached hydrogen (secondary N) is 2. The van der Waals surface area contributed by atoms with E-state index in [1.54, 1.807) is 13.8 Å². The van der Waals surface area contributed by atoms with Crippen LogP contribution < -0.4 is 9.44 Å². The van der Waals surface area contributed by atoms with Crippen LogP contribution in [0.3, 0.4) is 0 Å². The van der Waals surface area contributed by atoms with E-state index >= 15 is 0 Å². The molecule has 10 heteroatoms. The Kier molecular flexibility index (Phi) is 7.52. The molecule has 2 atom stereocenters. The summed E-state index contributed by atoms with van der Waals surface area (Å²) in [6.45, 7) is 15.6. The predicted molar refractivity (Wildman–Crippen MR) is 99.5 cm³/mol. The standard InChI is InChI=1S/C12H32N2O4S2Si2/c1-11(21(3,4)5)19(15,16)13-9-10-14-20(17,18)12(2)22(6,7)8/h11-14H,9-10H2,1-8H3. The third kappa shape index (κ3) is 6.79. The third-order valence-corrected chi connectivity index (χ3v) is 18.2. The molecule has 0 radical (unpaired) electrons. The molecule has 0 bridgehead atoms. The van der Waals surface area contributed by atoms with E-state index < -0.39 is 45.9 Å². The molecule has 6 nitrogen and oxygen atoms in total. The molecule has 0 heterocycles. The van der Waals surface area contributed by atoms with Crippen LogP contribution in [0.15, 0.2) is 0 Å². The summed E-state index contributed by atoms with van der Waals surface area (Å²) < 4.78 is 53.6. The number of hydrogen-bond donors (Lipinski definition) is 2. The van der Waals surface area contributed by atoms with Crippen LogP contribution in [0, 0.1) is 0 Å². The monoisotopic (exact) mass is 388 g/mol. The first-order chi connectivity index (χ1) is 9.52. The largest absolute Gasteiger partial charge is 0.214 e. The van der Waals surface area contributed by atoms with Crippen LogP contribution in [0.5, 0.6) is 0 Å². The van der Waals surface area contributed by atoms with Crippen LogP contribution in [-0.2, 0) is 20.0 Å². The lowest BCUT2D eigenvalue weighted by molar-refractivity contribution is 0.567. The van der Waals surface area contributed by atoms with Gasteiger partial charge < -0.3 is 0 Å². The third-order valence-electron chi connectivity index (χ3n) is 4.10. The predicted octanol–water partition coefficient (Wildman–Crippen LogP) is 1.36. The second kappa shape index (κ2) is 7.43. The first-order valence-corrected chi connectivity index (χ1v) is 17.7. The molecule has 0 aromatic carbocycles. The number of hydrogen-bond acceptors (Lipinski definition) is 4. The highest BCUT2D eigenvalue weighted by molar-refractivity contribution is 7.92. The summed E-state index contributed by atoms with van der Waals surface area (Å²) in [5.74, 6) is 0. The second-order valence-corrected chi connectivity index (χ2v) is 24.1. The van der Waals surface area contributed by atoms with E-state index in [0.717, 1.165) is 0 Å². The molecule has 2 N–H and O–H groups in total. The van der Waals surface area contributed by atoms with E-state index in [-0.39, 0.29) is 13.1 Å². The van der Waals surface area contributed by atoms with E-state index in [2.05, 4.69) is 9.44 Å². The molecule has 134 valence electrons. The summed E-state index contributed by atoms with van der Waals surface area (Å²) in [5.41, 5.74) is 0. The molecule has 0 saturated heterocycles. The van der Waals surface area contributed by atoms with Gasteiger partial charge in [-0.25, -0.2) is 26.3 Å². The zero-order valence-electron chi connectivity index (χ0n) is 15.0. The Labute approximate surface area is 138 Å². The molecule has 0 aliphatic heterocycles. The van der Waals surface area contributed by atoms with Crippen molar-refractivity contribution in [1.82, 2.24) is 9.44 Å². The molecular formula is C12H32N2O4S2Si2. The van der Waals surface area contributed by atoms with Gasteiger partial charge in [0.15, 0.2) is 0 Å². The average molecular weight is 389 g/mol. The molecule has 0 aromatic heterocycles. The molecule has 0 aliphatic carbocycles. The Morgan fingerprint density at radius 1 is 0.682 bits per heavy atom. The lowest BCUT2D eigenvalue weighted by atomic mass is 10.7. The van der Waals surface area contributed by atoms with E-state index in [0.29, 0.717) is 0 Å². The van der Waals surface area contributed by atoms with Crippen LogP contribution in [0.1, 0.15) is 13.8 Å². The molecular weight excluding hydrogens is 356 g/mol. The maximum Gasteiger partial charge on any atom is 0.211 e. The van der Waals surface area contributed by atoms with Gasteiger partial charge in [-0.1, -0.05) is 39.3 Å². The fourth-order valence-electron chi connectivity index (χ4n) is 1.57. The van der Waals surface area contributed by atoms with E-state index in [4.69, 9.17) is 0 Å². The van der Waals surface area contributed by atoms with Gasteiger partial charge in [0.05, 0.1) is 25.9 Å². The summed E-state index contributed by atoms with van der Waals surface area (Å²) in [5, 5.41) is 0. The Morgan fingerprint density at radius 2 is 0.909 bits per heavy atom. The zero-order valence-corrected chi connectivity index (χ0v) is 18.7. The summed E-state index contributed by atoms with van der Waals surface area (Å²) in [7, 11) is -10.4. The van der Waals surface area contributed by atoms with Crippen molar-refractivity contribution in [3.63, 3.8) is 0 Å². The quantitative estimate of drug-likeness (QED) is 0.461. The molecule has 0 aromatic rings. The van der Waals surface area contributed by atoms with Gasteiger partial charge in [-0.3, -0.25) is 0 Å². The van der Waals surface area contributed by atoms with Gasteiger partial charge >= 0.3 is 0 Å². The van der Waals surface area contributed by atoms with Crippen molar-refractivity contribution in [2.75, 3.05) is 13.1 Å². The summed E-state index contributed by atoms with van der Waals surface area (Å²) in [4.78, 5) is -0.838. The van der Waals surface area contributed by atoms with Crippen LogP contribution in [0.25, 0.3) is 0 Å². The van der Waals surface area contributed by atoms with Gasteiger partial charge in [0.1, 0.15) is 0 Å². The Hall–Kier alpha value is 0.254. The summed E-state index contributed by atoms with van der Waals surface area (Å²) in [6, 6.07) is 0. The highest BCUT2D eigenvalue weighted by atomic mass is 32.2. The van der Waals surface area contributed by atoms with Gasteiger partial charge in [0.25, 0.3) is 0 Å². The van der Waals surface area contributed by atoms with E-state index in [1.165, 1.54) is 0 Å². The molecule has 22 heavy (non-hydrogen) atoms.